The highest BCUT2D eigenvalue weighted by Crippen LogP contribution is 2.68. The number of nitrogens with zero attached hydrogens (tertiary/aromatic N) is 2. The van der Waals surface area contributed by atoms with Crippen LogP contribution in [0.15, 0.2) is 30.3 Å². The summed E-state index contributed by atoms with van der Waals surface area (Å²) >= 11 is 0. The lowest BCUT2D eigenvalue weighted by Gasteiger charge is -2.16. The predicted molar refractivity (Wildman–Crippen MR) is 107 cm³/mol. The van der Waals surface area contributed by atoms with E-state index < -0.39 is 0 Å². The van der Waals surface area contributed by atoms with Crippen LogP contribution >= 0.6 is 0 Å². The van der Waals surface area contributed by atoms with E-state index in [1.165, 1.54) is 11.1 Å². The quantitative estimate of drug-likeness (QED) is 0.698. The van der Waals surface area contributed by atoms with Crippen LogP contribution in [0.2, 0.25) is 0 Å². The maximum Gasteiger partial charge on any atom is 0.338 e. The molecule has 0 bridgehead atoms. The lowest BCUT2D eigenvalue weighted by Crippen LogP contribution is -2.12. The second-order valence-electron chi connectivity index (χ2n) is 8.06. The first kappa shape index (κ1) is 17.3. The van der Waals surface area contributed by atoms with Crippen LogP contribution in [0.5, 0.6) is 5.75 Å². The molecule has 5 nitrogen and oxygen atoms in total. The molecule has 28 heavy (non-hydrogen) atoms. The topological polar surface area (TPSA) is 64.3 Å². The van der Waals surface area contributed by atoms with Crippen LogP contribution < -0.4 is 0 Å². The van der Waals surface area contributed by atoms with Gasteiger partial charge in [0.05, 0.1) is 17.7 Å². The van der Waals surface area contributed by atoms with Crippen LogP contribution in [-0.2, 0) is 23.6 Å². The van der Waals surface area contributed by atoms with Gasteiger partial charge in [-0.15, -0.1) is 0 Å². The molecule has 144 valence electrons. The lowest BCUT2D eigenvalue weighted by atomic mass is 9.90. The first-order valence-electron chi connectivity index (χ1n) is 9.92. The Morgan fingerprint density at radius 1 is 1.39 bits per heavy atom. The summed E-state index contributed by atoms with van der Waals surface area (Å²) in [6.07, 6.45) is 3.05. The molecule has 3 aromatic rings. The first-order chi connectivity index (χ1) is 13.5. The molecule has 0 saturated heterocycles. The predicted octanol–water partition coefficient (Wildman–Crippen LogP) is 4.14. The zero-order valence-corrected chi connectivity index (χ0v) is 16.5. The highest BCUT2D eigenvalue weighted by molar-refractivity contribution is 5.99. The number of esters is 1. The second kappa shape index (κ2) is 5.84. The Hall–Kier alpha value is -2.82. The highest BCUT2D eigenvalue weighted by Gasteiger charge is 2.60. The molecule has 1 spiro atoms. The standard InChI is InChI=1S/C23H24N2O3/c1-4-28-22(27)15-11-18-20(24-13(2)25(18)3)21(26)19(15)17-12-23(17)10-9-14-7-5-6-8-16(14)23/h5-8,11,17,26H,4,9-10,12H2,1-3H3. The second-order valence-corrected chi connectivity index (χ2v) is 8.06. The maximum absolute atomic E-state index is 12.8. The van der Waals surface area contributed by atoms with E-state index >= 15 is 0 Å². The Bertz CT molecular complexity index is 1130. The van der Waals surface area contributed by atoms with Crippen molar-refractivity contribution in [3.63, 3.8) is 0 Å². The molecule has 2 atom stereocenters. The van der Waals surface area contributed by atoms with Gasteiger partial charge in [-0.05, 0) is 56.2 Å². The minimum Gasteiger partial charge on any atom is -0.505 e. The average molecular weight is 376 g/mol. The Balaban J connectivity index is 1.70. The van der Waals surface area contributed by atoms with Crippen molar-refractivity contribution in [3.8, 4) is 5.75 Å². The third kappa shape index (κ3) is 2.19. The number of rotatable bonds is 3. The smallest absolute Gasteiger partial charge is 0.338 e. The van der Waals surface area contributed by atoms with Crippen LogP contribution in [0.25, 0.3) is 11.0 Å². The fourth-order valence-corrected chi connectivity index (χ4v) is 5.14. The number of ether oxygens (including phenoxy) is 1. The summed E-state index contributed by atoms with van der Waals surface area (Å²) in [4.78, 5) is 17.3. The minimum atomic E-state index is -0.373. The van der Waals surface area contributed by atoms with Crippen molar-refractivity contribution in [1.82, 2.24) is 9.55 Å². The van der Waals surface area contributed by atoms with E-state index in [4.69, 9.17) is 4.74 Å². The zero-order valence-electron chi connectivity index (χ0n) is 16.5. The average Bonchev–Trinajstić information content (AvgIpc) is 3.18. The third-order valence-electron chi connectivity index (χ3n) is 6.73. The van der Waals surface area contributed by atoms with Gasteiger partial charge < -0.3 is 14.4 Å². The molecule has 1 aromatic heterocycles. The Labute approximate surface area is 164 Å². The summed E-state index contributed by atoms with van der Waals surface area (Å²) in [5, 5.41) is 11.2. The van der Waals surface area contributed by atoms with Crippen molar-refractivity contribution >= 4 is 17.0 Å². The molecule has 0 aliphatic heterocycles. The molecule has 2 aliphatic rings. The molecular formula is C23H24N2O3. The summed E-state index contributed by atoms with van der Waals surface area (Å²) in [6, 6.07) is 10.4. The van der Waals surface area contributed by atoms with Crippen molar-refractivity contribution in [1.29, 1.82) is 0 Å². The molecule has 0 amide bonds. The monoisotopic (exact) mass is 376 g/mol. The van der Waals surface area contributed by atoms with E-state index in [1.54, 1.807) is 6.92 Å². The van der Waals surface area contributed by atoms with Crippen LogP contribution in [0, 0.1) is 6.92 Å². The molecule has 0 radical (unpaired) electrons. The van der Waals surface area contributed by atoms with E-state index in [1.807, 2.05) is 24.6 Å². The molecule has 1 saturated carbocycles. The van der Waals surface area contributed by atoms with Gasteiger partial charge in [-0.1, -0.05) is 24.3 Å². The maximum atomic E-state index is 12.8. The molecule has 5 heteroatoms. The van der Waals surface area contributed by atoms with Crippen LogP contribution in [-0.4, -0.2) is 27.2 Å². The number of hydrogen-bond donors (Lipinski definition) is 1. The van der Waals surface area contributed by atoms with E-state index in [0.29, 0.717) is 23.3 Å². The Morgan fingerprint density at radius 3 is 2.96 bits per heavy atom. The Kier molecular flexibility index (Phi) is 3.60. The molecule has 1 fully saturated rings. The number of aryl methyl sites for hydroxylation is 3. The summed E-state index contributed by atoms with van der Waals surface area (Å²) in [6.45, 7) is 4.01. The SMILES string of the molecule is CCOC(=O)c1cc2c(nc(C)n2C)c(O)c1C1CC12CCc1ccccc12. The van der Waals surface area contributed by atoms with Gasteiger partial charge in [-0.3, -0.25) is 0 Å². The van der Waals surface area contributed by atoms with E-state index in [0.717, 1.165) is 30.6 Å². The van der Waals surface area contributed by atoms with Gasteiger partial charge in [0.2, 0.25) is 0 Å². The van der Waals surface area contributed by atoms with Crippen LogP contribution in [0.1, 0.15) is 58.6 Å². The molecule has 2 unspecified atom stereocenters. The van der Waals surface area contributed by atoms with E-state index in [-0.39, 0.29) is 23.1 Å². The number of aromatic nitrogens is 2. The third-order valence-corrected chi connectivity index (χ3v) is 6.73. The van der Waals surface area contributed by atoms with E-state index in [9.17, 15) is 9.90 Å². The molecule has 1 heterocycles. The summed E-state index contributed by atoms with van der Waals surface area (Å²) in [5.74, 6) is 0.675. The van der Waals surface area contributed by atoms with Crippen molar-refractivity contribution in [2.75, 3.05) is 6.61 Å². The van der Waals surface area contributed by atoms with Crippen LogP contribution in [0.3, 0.4) is 0 Å². The minimum absolute atomic E-state index is 0.0207. The fraction of sp³-hybridized carbons (Fsp3) is 0.391. The number of benzene rings is 2. The number of hydrogen-bond acceptors (Lipinski definition) is 4. The molecule has 2 aromatic carbocycles. The normalized spacial score (nSPS) is 22.6. The number of phenols is 1. The van der Waals surface area contributed by atoms with Gasteiger partial charge >= 0.3 is 5.97 Å². The van der Waals surface area contributed by atoms with Gasteiger partial charge in [-0.2, -0.15) is 0 Å². The lowest BCUT2D eigenvalue weighted by molar-refractivity contribution is 0.0524. The highest BCUT2D eigenvalue weighted by atomic mass is 16.5. The van der Waals surface area contributed by atoms with E-state index in [2.05, 4.69) is 29.2 Å². The largest absolute Gasteiger partial charge is 0.505 e. The van der Waals surface area contributed by atoms with Crippen molar-refractivity contribution < 1.29 is 14.6 Å². The number of imidazole rings is 1. The van der Waals surface area contributed by atoms with Crippen molar-refractivity contribution in [3.05, 3.63) is 58.4 Å². The molecular weight excluding hydrogens is 352 g/mol. The van der Waals surface area contributed by atoms with Gasteiger partial charge in [0, 0.05) is 18.0 Å². The number of carbonyl (C=O) groups is 1. The number of aromatic hydroxyl groups is 1. The molecule has 1 N–H and O–H groups in total. The summed E-state index contributed by atoms with van der Waals surface area (Å²) < 4.78 is 7.24. The number of carbonyl (C=O) groups excluding carboxylic acids is 1. The Morgan fingerprint density at radius 2 is 2.18 bits per heavy atom. The van der Waals surface area contributed by atoms with Crippen LogP contribution in [0.4, 0.5) is 0 Å². The van der Waals surface area contributed by atoms with Crippen molar-refractivity contribution in [2.45, 2.75) is 44.4 Å². The first-order valence-corrected chi connectivity index (χ1v) is 9.92. The van der Waals surface area contributed by atoms with Gasteiger partial charge in [-0.25, -0.2) is 9.78 Å². The zero-order chi connectivity index (χ0) is 19.6. The van der Waals surface area contributed by atoms with Gasteiger partial charge in [0.1, 0.15) is 17.1 Å². The van der Waals surface area contributed by atoms with Crippen molar-refractivity contribution in [2.24, 2.45) is 7.05 Å². The number of fused-ring (bicyclic) bond motifs is 3. The summed E-state index contributed by atoms with van der Waals surface area (Å²) in [7, 11) is 1.89. The van der Waals surface area contributed by atoms with Gasteiger partial charge in [0.25, 0.3) is 0 Å². The summed E-state index contributed by atoms with van der Waals surface area (Å²) in [5.41, 5.74) is 5.28. The number of phenolic OH excluding ortho intramolecular Hbond substituents is 1. The van der Waals surface area contributed by atoms with Gasteiger partial charge in [0.15, 0.2) is 0 Å². The molecule has 2 aliphatic carbocycles. The fourth-order valence-electron chi connectivity index (χ4n) is 5.14. The molecule has 5 rings (SSSR count).